The highest BCUT2D eigenvalue weighted by atomic mass is 19.1. The van der Waals surface area contributed by atoms with Gasteiger partial charge in [-0.15, -0.1) is 0 Å². The van der Waals surface area contributed by atoms with Crippen molar-refractivity contribution in [3.8, 4) is 17.2 Å². The molecule has 2 aromatic rings. The van der Waals surface area contributed by atoms with Gasteiger partial charge in [0.15, 0.2) is 23.1 Å². The van der Waals surface area contributed by atoms with Crippen LogP contribution in [0.3, 0.4) is 0 Å². The van der Waals surface area contributed by atoms with Gasteiger partial charge < -0.3 is 24.4 Å². The number of carbonyl (C=O) groups excluding carboxylic acids is 2. The number of benzene rings is 2. The molecule has 8 nitrogen and oxygen atoms in total. The molecule has 0 aromatic heterocycles. The Morgan fingerprint density at radius 3 is 2.79 bits per heavy atom. The van der Waals surface area contributed by atoms with Crippen molar-refractivity contribution in [2.45, 2.75) is 31.7 Å². The molecule has 4 rings (SSSR count). The van der Waals surface area contributed by atoms with Gasteiger partial charge in [0.1, 0.15) is 0 Å². The number of fused-ring (bicyclic) bond motifs is 2. The van der Waals surface area contributed by atoms with E-state index < -0.39 is 5.82 Å². The zero-order chi connectivity index (χ0) is 23.4. The Morgan fingerprint density at radius 1 is 1.18 bits per heavy atom. The number of carbonyl (C=O) groups is 2. The van der Waals surface area contributed by atoms with Gasteiger partial charge in [-0.1, -0.05) is 0 Å². The van der Waals surface area contributed by atoms with Crippen molar-refractivity contribution < 1.29 is 28.2 Å². The minimum absolute atomic E-state index is 0.0276. The number of nitrogens with zero attached hydrogens (tertiary/aromatic N) is 2. The second-order valence-corrected chi connectivity index (χ2v) is 7.86. The average molecular weight is 455 g/mol. The van der Waals surface area contributed by atoms with Crippen molar-refractivity contribution in [2.75, 3.05) is 32.7 Å². The molecule has 9 heteroatoms. The largest absolute Gasteiger partial charge is 0.494 e. The standard InChI is InChI=1S/C24H26FN3O5/c1-31-20-11-15(7-8-18(20)25)27-23(29)6-4-10-33-22-13-19-17(12-21(22)32-2)24(30)28-9-3-5-16(28)14-26-19/h7-8,11-14,16H,3-6,9-10H2,1-2H3,(H,27,29)/t16-/m0/s1. The molecule has 0 radical (unpaired) electrons. The van der Waals surface area contributed by atoms with Crippen LogP contribution in [0.2, 0.25) is 0 Å². The second kappa shape index (κ2) is 9.89. The fourth-order valence-electron chi connectivity index (χ4n) is 4.00. The molecule has 2 aromatic carbocycles. The smallest absolute Gasteiger partial charge is 0.256 e. The summed E-state index contributed by atoms with van der Waals surface area (Å²) in [6.45, 7) is 0.990. The highest BCUT2D eigenvalue weighted by Gasteiger charge is 2.32. The maximum absolute atomic E-state index is 13.5. The van der Waals surface area contributed by atoms with Crippen LogP contribution in [-0.4, -0.2) is 56.3 Å². The van der Waals surface area contributed by atoms with Gasteiger partial charge in [0.25, 0.3) is 5.91 Å². The van der Waals surface area contributed by atoms with E-state index in [-0.39, 0.29) is 36.6 Å². The lowest BCUT2D eigenvalue weighted by molar-refractivity contribution is -0.116. The van der Waals surface area contributed by atoms with Gasteiger partial charge in [-0.2, -0.15) is 0 Å². The number of rotatable bonds is 8. The van der Waals surface area contributed by atoms with Crippen LogP contribution < -0.4 is 19.5 Å². The number of hydrogen-bond acceptors (Lipinski definition) is 6. The first kappa shape index (κ1) is 22.6. The third kappa shape index (κ3) is 4.92. The molecule has 1 N–H and O–H groups in total. The number of ether oxygens (including phenoxy) is 3. The summed E-state index contributed by atoms with van der Waals surface area (Å²) < 4.78 is 29.7. The summed E-state index contributed by atoms with van der Waals surface area (Å²) in [6.07, 6.45) is 4.36. The molecule has 2 heterocycles. The molecule has 0 unspecified atom stereocenters. The summed E-state index contributed by atoms with van der Waals surface area (Å²) in [4.78, 5) is 31.5. The Balaban J connectivity index is 1.35. The topological polar surface area (TPSA) is 89.5 Å². The lowest BCUT2D eigenvalue weighted by Gasteiger charge is -2.20. The third-order valence-corrected chi connectivity index (χ3v) is 5.70. The first-order valence-corrected chi connectivity index (χ1v) is 10.8. The summed E-state index contributed by atoms with van der Waals surface area (Å²) in [5, 5.41) is 2.71. The van der Waals surface area contributed by atoms with E-state index in [2.05, 4.69) is 10.3 Å². The fourth-order valence-corrected chi connectivity index (χ4v) is 4.00. The van der Waals surface area contributed by atoms with E-state index >= 15 is 0 Å². The van der Waals surface area contributed by atoms with E-state index in [0.717, 1.165) is 19.4 Å². The molecule has 33 heavy (non-hydrogen) atoms. The number of anilines is 1. The third-order valence-electron chi connectivity index (χ3n) is 5.70. The van der Waals surface area contributed by atoms with Crippen LogP contribution in [0.25, 0.3) is 0 Å². The summed E-state index contributed by atoms with van der Waals surface area (Å²) in [5.74, 6) is 0.198. The zero-order valence-electron chi connectivity index (χ0n) is 18.6. The molecular formula is C24H26FN3O5. The molecule has 2 aliphatic rings. The quantitative estimate of drug-likeness (QED) is 0.609. The molecule has 1 saturated heterocycles. The van der Waals surface area contributed by atoms with E-state index in [4.69, 9.17) is 14.2 Å². The molecule has 2 amide bonds. The highest BCUT2D eigenvalue weighted by Crippen LogP contribution is 2.38. The lowest BCUT2D eigenvalue weighted by Crippen LogP contribution is -2.35. The molecular weight excluding hydrogens is 429 g/mol. The first-order chi connectivity index (χ1) is 16.0. The molecule has 1 atom stereocenters. The van der Waals surface area contributed by atoms with Gasteiger partial charge in [0, 0.05) is 37.0 Å². The Kier molecular flexibility index (Phi) is 6.76. The Bertz CT molecular complexity index is 1090. The highest BCUT2D eigenvalue weighted by molar-refractivity contribution is 6.03. The van der Waals surface area contributed by atoms with Crippen LogP contribution in [0, 0.1) is 5.82 Å². The van der Waals surface area contributed by atoms with Crippen molar-refractivity contribution in [3.05, 3.63) is 41.7 Å². The zero-order valence-corrected chi connectivity index (χ0v) is 18.6. The first-order valence-electron chi connectivity index (χ1n) is 10.8. The van der Waals surface area contributed by atoms with Gasteiger partial charge in [-0.25, -0.2) is 4.39 Å². The van der Waals surface area contributed by atoms with Gasteiger partial charge in [0.05, 0.1) is 38.1 Å². The average Bonchev–Trinajstić information content (AvgIpc) is 3.25. The molecule has 2 aliphatic heterocycles. The van der Waals surface area contributed by atoms with E-state index in [1.807, 2.05) is 11.1 Å². The van der Waals surface area contributed by atoms with E-state index in [1.165, 1.54) is 32.4 Å². The number of aliphatic imine (C=N–C) groups is 1. The van der Waals surface area contributed by atoms with Crippen LogP contribution in [0.1, 0.15) is 36.0 Å². The molecule has 174 valence electrons. The molecule has 0 bridgehead atoms. The number of nitrogens with one attached hydrogen (secondary N) is 1. The fraction of sp³-hybridized carbons (Fsp3) is 0.375. The van der Waals surface area contributed by atoms with Crippen molar-refractivity contribution in [3.63, 3.8) is 0 Å². The molecule has 0 spiro atoms. The van der Waals surface area contributed by atoms with Gasteiger partial charge in [0.2, 0.25) is 5.91 Å². The van der Waals surface area contributed by atoms with E-state index in [1.54, 1.807) is 12.1 Å². The predicted molar refractivity (Wildman–Crippen MR) is 122 cm³/mol. The summed E-state index contributed by atoms with van der Waals surface area (Å²) in [5.41, 5.74) is 1.50. The van der Waals surface area contributed by atoms with Crippen LogP contribution in [-0.2, 0) is 4.79 Å². The summed E-state index contributed by atoms with van der Waals surface area (Å²) >= 11 is 0. The van der Waals surface area contributed by atoms with E-state index in [0.29, 0.717) is 34.9 Å². The van der Waals surface area contributed by atoms with Gasteiger partial charge >= 0.3 is 0 Å². The lowest BCUT2D eigenvalue weighted by atomic mass is 10.1. The normalized spacial score (nSPS) is 16.6. The minimum atomic E-state index is -0.495. The number of hydrogen-bond donors (Lipinski definition) is 1. The van der Waals surface area contributed by atoms with Crippen molar-refractivity contribution in [1.82, 2.24) is 4.90 Å². The molecule has 1 fully saturated rings. The van der Waals surface area contributed by atoms with Crippen molar-refractivity contribution in [1.29, 1.82) is 0 Å². The predicted octanol–water partition coefficient (Wildman–Crippen LogP) is 3.96. The van der Waals surface area contributed by atoms with Crippen LogP contribution in [0.15, 0.2) is 35.3 Å². The molecule has 0 saturated carbocycles. The summed E-state index contributed by atoms with van der Waals surface area (Å²) in [7, 11) is 2.88. The van der Waals surface area contributed by atoms with Crippen LogP contribution >= 0.6 is 0 Å². The SMILES string of the molecule is COc1cc(NC(=O)CCCOc2cc3c(cc2OC)C(=O)N2CCC[C@H]2C=N3)ccc1F. The Hall–Kier alpha value is -3.62. The summed E-state index contributed by atoms with van der Waals surface area (Å²) in [6, 6.07) is 7.53. The number of methoxy groups -OCH3 is 2. The number of amides is 2. The van der Waals surface area contributed by atoms with Crippen molar-refractivity contribution in [2.24, 2.45) is 4.99 Å². The van der Waals surface area contributed by atoms with Gasteiger partial charge in [-0.3, -0.25) is 14.6 Å². The van der Waals surface area contributed by atoms with Crippen molar-refractivity contribution >= 4 is 29.4 Å². The van der Waals surface area contributed by atoms with E-state index in [9.17, 15) is 14.0 Å². The monoisotopic (exact) mass is 455 g/mol. The number of halogens is 1. The van der Waals surface area contributed by atoms with Crippen LogP contribution in [0.5, 0.6) is 17.2 Å². The minimum Gasteiger partial charge on any atom is -0.494 e. The maximum Gasteiger partial charge on any atom is 0.256 e. The second-order valence-electron chi connectivity index (χ2n) is 7.86. The van der Waals surface area contributed by atoms with Crippen LogP contribution in [0.4, 0.5) is 15.8 Å². The molecule has 0 aliphatic carbocycles. The maximum atomic E-state index is 13.5. The Labute approximate surface area is 191 Å². The Morgan fingerprint density at radius 2 is 2.00 bits per heavy atom. The van der Waals surface area contributed by atoms with Gasteiger partial charge in [-0.05, 0) is 37.5 Å².